The van der Waals surface area contributed by atoms with Crippen LogP contribution < -0.4 is 5.32 Å². The molecule has 2 heterocycles. The lowest BCUT2D eigenvalue weighted by Crippen LogP contribution is -2.14. The van der Waals surface area contributed by atoms with E-state index in [2.05, 4.69) is 15.5 Å². The van der Waals surface area contributed by atoms with E-state index in [-0.39, 0.29) is 40.2 Å². The first-order valence-corrected chi connectivity index (χ1v) is 9.94. The van der Waals surface area contributed by atoms with Crippen LogP contribution in [0.4, 0.5) is 10.1 Å². The number of rotatable bonds is 5. The van der Waals surface area contributed by atoms with Crippen molar-refractivity contribution in [1.29, 1.82) is 0 Å². The van der Waals surface area contributed by atoms with Gasteiger partial charge in [-0.3, -0.25) is 4.79 Å². The summed E-state index contributed by atoms with van der Waals surface area (Å²) in [7, 11) is -3.03. The Labute approximate surface area is 141 Å². The monoisotopic (exact) mass is 371 g/mol. The van der Waals surface area contributed by atoms with Gasteiger partial charge >= 0.3 is 0 Å². The number of thioether (sulfide) groups is 1. The van der Waals surface area contributed by atoms with Gasteiger partial charge in [-0.15, -0.1) is 10.2 Å². The number of hydrogen-bond acceptors (Lipinski definition) is 7. The van der Waals surface area contributed by atoms with Crippen molar-refractivity contribution in [2.45, 2.75) is 17.6 Å². The number of nitrogens with one attached hydrogen (secondary N) is 1. The highest BCUT2D eigenvalue weighted by Crippen LogP contribution is 2.29. The third-order valence-corrected chi connectivity index (χ3v) is 6.03. The van der Waals surface area contributed by atoms with E-state index >= 15 is 0 Å². The molecule has 2 aromatic rings. The number of sulfone groups is 1. The molecule has 1 atom stereocenters. The topological polar surface area (TPSA) is 102 Å². The number of nitrogens with zero attached hydrogens (tertiary/aromatic N) is 2. The molecule has 0 aliphatic carbocycles. The van der Waals surface area contributed by atoms with Crippen LogP contribution in [0.15, 0.2) is 33.9 Å². The Morgan fingerprint density at radius 2 is 2.25 bits per heavy atom. The van der Waals surface area contributed by atoms with Crippen molar-refractivity contribution >= 4 is 33.2 Å². The van der Waals surface area contributed by atoms with Crippen molar-refractivity contribution in [3.63, 3.8) is 0 Å². The van der Waals surface area contributed by atoms with Crippen LogP contribution in [0.25, 0.3) is 0 Å². The number of amides is 1. The third-order valence-electron chi connectivity index (χ3n) is 3.44. The largest absolute Gasteiger partial charge is 0.416 e. The lowest BCUT2D eigenvalue weighted by Gasteiger charge is -2.03. The first-order valence-electron chi connectivity index (χ1n) is 7.13. The molecule has 0 unspecified atom stereocenters. The van der Waals surface area contributed by atoms with Crippen molar-refractivity contribution in [1.82, 2.24) is 10.2 Å². The van der Waals surface area contributed by atoms with Gasteiger partial charge in [0.2, 0.25) is 11.8 Å². The van der Waals surface area contributed by atoms with Gasteiger partial charge in [-0.25, -0.2) is 12.8 Å². The van der Waals surface area contributed by atoms with E-state index in [1.165, 1.54) is 18.2 Å². The Morgan fingerprint density at radius 1 is 1.42 bits per heavy atom. The molecule has 0 saturated carbocycles. The summed E-state index contributed by atoms with van der Waals surface area (Å²) in [4.78, 5) is 11.8. The first kappa shape index (κ1) is 16.9. The predicted molar refractivity (Wildman–Crippen MR) is 86.1 cm³/mol. The SMILES string of the molecule is O=C(CSc1nnc([C@@H]2CCS(=O)(=O)C2)o1)Nc1cccc(F)c1. The molecule has 10 heteroatoms. The Morgan fingerprint density at radius 3 is 2.96 bits per heavy atom. The standard InChI is InChI=1S/C14H14FN3O4S2/c15-10-2-1-3-11(6-10)16-12(19)7-23-14-18-17-13(22-14)9-4-5-24(20,21)8-9/h1-3,6,9H,4-5,7-8H2,(H,16,19)/t9-/m1/s1. The second-order valence-electron chi connectivity index (χ2n) is 5.35. The fraction of sp³-hybridized carbons (Fsp3) is 0.357. The van der Waals surface area contributed by atoms with Gasteiger partial charge in [0.1, 0.15) is 5.82 Å². The quantitative estimate of drug-likeness (QED) is 0.800. The molecule has 3 rings (SSSR count). The second-order valence-corrected chi connectivity index (χ2v) is 8.51. The Hall–Kier alpha value is -1.94. The number of aromatic nitrogens is 2. The number of hydrogen-bond donors (Lipinski definition) is 1. The van der Waals surface area contributed by atoms with Crippen LogP contribution >= 0.6 is 11.8 Å². The number of carbonyl (C=O) groups excluding carboxylic acids is 1. The number of benzene rings is 1. The third kappa shape index (κ3) is 4.32. The molecule has 24 heavy (non-hydrogen) atoms. The maximum Gasteiger partial charge on any atom is 0.277 e. The van der Waals surface area contributed by atoms with Crippen LogP contribution in [0.3, 0.4) is 0 Å². The molecular weight excluding hydrogens is 357 g/mol. The minimum Gasteiger partial charge on any atom is -0.416 e. The lowest BCUT2D eigenvalue weighted by molar-refractivity contribution is -0.113. The highest BCUT2D eigenvalue weighted by Gasteiger charge is 2.32. The smallest absolute Gasteiger partial charge is 0.277 e. The number of carbonyl (C=O) groups is 1. The summed E-state index contributed by atoms with van der Waals surface area (Å²) in [6.07, 6.45) is 0.467. The Bertz CT molecular complexity index is 853. The molecule has 128 valence electrons. The Balaban J connectivity index is 1.53. The molecule has 1 aliphatic heterocycles. The zero-order valence-corrected chi connectivity index (χ0v) is 14.1. The fourth-order valence-corrected chi connectivity index (χ4v) is 4.63. The van der Waals surface area contributed by atoms with Gasteiger partial charge in [0.05, 0.1) is 23.2 Å². The molecule has 1 aromatic heterocycles. The van der Waals surface area contributed by atoms with Gasteiger partial charge in [-0.05, 0) is 24.6 Å². The van der Waals surface area contributed by atoms with Crippen LogP contribution in [0.2, 0.25) is 0 Å². The average Bonchev–Trinajstić information content (AvgIpc) is 3.11. The fourth-order valence-electron chi connectivity index (χ4n) is 2.32. The number of halogens is 1. The van der Waals surface area contributed by atoms with E-state index in [9.17, 15) is 17.6 Å². The maximum atomic E-state index is 13.0. The average molecular weight is 371 g/mol. The van der Waals surface area contributed by atoms with Gasteiger partial charge in [0.15, 0.2) is 9.84 Å². The summed E-state index contributed by atoms with van der Waals surface area (Å²) in [5.74, 6) is -0.622. The van der Waals surface area contributed by atoms with Crippen molar-refractivity contribution < 1.29 is 22.0 Å². The normalized spacial score (nSPS) is 19.3. The van der Waals surface area contributed by atoms with Gasteiger partial charge in [0.25, 0.3) is 5.22 Å². The van der Waals surface area contributed by atoms with Crippen LogP contribution in [-0.2, 0) is 14.6 Å². The maximum absolute atomic E-state index is 13.0. The van der Waals surface area contributed by atoms with Gasteiger partial charge < -0.3 is 9.73 Å². The van der Waals surface area contributed by atoms with E-state index in [0.29, 0.717) is 12.1 Å². The molecule has 1 fully saturated rings. The minimum absolute atomic E-state index is 0.0133. The first-order chi connectivity index (χ1) is 11.4. The minimum atomic E-state index is -3.03. The molecular formula is C14H14FN3O4S2. The summed E-state index contributed by atoms with van der Waals surface area (Å²) in [6.45, 7) is 0. The van der Waals surface area contributed by atoms with Crippen molar-refractivity contribution in [3.8, 4) is 0 Å². The highest BCUT2D eigenvalue weighted by molar-refractivity contribution is 7.99. The van der Waals surface area contributed by atoms with Crippen LogP contribution in [0.1, 0.15) is 18.2 Å². The van der Waals surface area contributed by atoms with E-state index < -0.39 is 15.7 Å². The van der Waals surface area contributed by atoms with Crippen LogP contribution in [-0.4, -0.2) is 41.8 Å². The molecule has 0 radical (unpaired) electrons. The van der Waals surface area contributed by atoms with E-state index in [1.807, 2.05) is 0 Å². The van der Waals surface area contributed by atoms with Crippen LogP contribution in [0, 0.1) is 5.82 Å². The van der Waals surface area contributed by atoms with E-state index in [4.69, 9.17) is 4.42 Å². The zero-order valence-electron chi connectivity index (χ0n) is 12.4. The summed E-state index contributed by atoms with van der Waals surface area (Å²) in [6, 6.07) is 5.58. The van der Waals surface area contributed by atoms with Crippen molar-refractivity contribution in [3.05, 3.63) is 36.0 Å². The molecule has 0 bridgehead atoms. The van der Waals surface area contributed by atoms with Crippen molar-refractivity contribution in [2.75, 3.05) is 22.6 Å². The molecule has 1 N–H and O–H groups in total. The summed E-state index contributed by atoms with van der Waals surface area (Å²) in [5.41, 5.74) is 0.364. The summed E-state index contributed by atoms with van der Waals surface area (Å²) >= 11 is 1.04. The molecule has 0 spiro atoms. The molecule has 1 saturated heterocycles. The zero-order chi connectivity index (χ0) is 17.2. The van der Waals surface area contributed by atoms with Gasteiger partial charge in [-0.2, -0.15) is 0 Å². The van der Waals surface area contributed by atoms with Crippen LogP contribution in [0.5, 0.6) is 0 Å². The highest BCUT2D eigenvalue weighted by atomic mass is 32.2. The predicted octanol–water partition coefficient (Wildman–Crippen LogP) is 1.84. The van der Waals surface area contributed by atoms with Gasteiger partial charge in [0, 0.05) is 5.69 Å². The number of anilines is 1. The molecule has 1 aliphatic rings. The Kier molecular flexibility index (Phi) is 4.86. The second kappa shape index (κ2) is 6.89. The van der Waals surface area contributed by atoms with E-state index in [1.54, 1.807) is 6.07 Å². The molecule has 1 amide bonds. The summed E-state index contributed by atoms with van der Waals surface area (Å²) in [5, 5.41) is 10.4. The van der Waals surface area contributed by atoms with E-state index in [0.717, 1.165) is 11.8 Å². The molecule has 7 nitrogen and oxygen atoms in total. The van der Waals surface area contributed by atoms with Crippen molar-refractivity contribution in [2.24, 2.45) is 0 Å². The van der Waals surface area contributed by atoms with Gasteiger partial charge in [-0.1, -0.05) is 17.8 Å². The molecule has 1 aromatic carbocycles. The summed E-state index contributed by atoms with van der Waals surface area (Å²) < 4.78 is 41.4. The lowest BCUT2D eigenvalue weighted by atomic mass is 10.1.